The van der Waals surface area contributed by atoms with Crippen molar-refractivity contribution in [2.24, 2.45) is 0 Å². The molecule has 0 bridgehead atoms. The Morgan fingerprint density at radius 1 is 1.00 bits per heavy atom. The molecule has 0 N–H and O–H groups in total. The lowest BCUT2D eigenvalue weighted by molar-refractivity contribution is 0.385. The van der Waals surface area contributed by atoms with E-state index in [1.54, 1.807) is 10.4 Å². The van der Waals surface area contributed by atoms with Crippen LogP contribution in [0.15, 0.2) is 40.6 Å². The quantitative estimate of drug-likeness (QED) is 0.786. The lowest BCUT2D eigenvalue weighted by atomic mass is 9.85. The topological polar surface area (TPSA) is 40.6 Å². The molecule has 1 aliphatic rings. The molecule has 26 heavy (non-hydrogen) atoms. The van der Waals surface area contributed by atoms with Crippen LogP contribution in [0.2, 0.25) is 0 Å². The van der Waals surface area contributed by atoms with Gasteiger partial charge in [0.15, 0.2) is 0 Å². The molecule has 0 aliphatic carbocycles. The summed E-state index contributed by atoms with van der Waals surface area (Å²) in [5.74, 6) is 0. The second-order valence-corrected chi connectivity index (χ2v) is 11.1. The highest BCUT2D eigenvalue weighted by Gasteiger charge is 2.31. The van der Waals surface area contributed by atoms with Gasteiger partial charge in [-0.1, -0.05) is 45.9 Å². The molecule has 0 saturated carbocycles. The Hall–Kier alpha value is -1.37. The first-order valence-electron chi connectivity index (χ1n) is 9.17. The van der Waals surface area contributed by atoms with Gasteiger partial charge in [0.05, 0.1) is 0 Å². The Bertz CT molecular complexity index is 858. The lowest BCUT2D eigenvalue weighted by Gasteiger charge is -2.37. The molecule has 0 unspecified atom stereocenters. The Morgan fingerprint density at radius 2 is 1.65 bits per heavy atom. The first-order chi connectivity index (χ1) is 12.2. The van der Waals surface area contributed by atoms with Gasteiger partial charge in [-0.15, -0.1) is 11.3 Å². The molecular formula is C20H28N2O2S2. The number of sulfonamides is 1. The van der Waals surface area contributed by atoms with E-state index in [9.17, 15) is 8.42 Å². The van der Waals surface area contributed by atoms with Crippen LogP contribution in [-0.4, -0.2) is 38.9 Å². The van der Waals surface area contributed by atoms with Crippen LogP contribution >= 0.6 is 11.3 Å². The normalized spacial score (nSPS) is 16.8. The van der Waals surface area contributed by atoms with Crippen LogP contribution in [0.1, 0.15) is 38.1 Å². The number of para-hydroxylation sites is 1. The highest BCUT2D eigenvalue weighted by molar-refractivity contribution is 7.91. The van der Waals surface area contributed by atoms with Crippen molar-refractivity contribution in [2.75, 3.05) is 31.1 Å². The molecule has 3 rings (SSSR count). The number of hydrogen-bond acceptors (Lipinski definition) is 4. The van der Waals surface area contributed by atoms with E-state index >= 15 is 0 Å². The molecule has 0 radical (unpaired) electrons. The van der Waals surface area contributed by atoms with E-state index in [1.807, 2.05) is 13.0 Å². The standard InChI is InChI=1S/C20H28N2O2S2/c1-5-16-10-11-19(25-16)26(23,24)22-14-12-21(13-15-22)18-9-7-6-8-17(18)20(2,3)4/h6-11H,5,12-15H2,1-4H3. The predicted octanol–water partition coefficient (Wildman–Crippen LogP) is 4.12. The van der Waals surface area contributed by atoms with Gasteiger partial charge in [-0.25, -0.2) is 8.42 Å². The number of hydrogen-bond donors (Lipinski definition) is 0. The van der Waals surface area contributed by atoms with E-state index in [-0.39, 0.29) is 5.41 Å². The third-order valence-electron chi connectivity index (χ3n) is 4.87. The molecule has 1 aromatic carbocycles. The smallest absolute Gasteiger partial charge is 0.252 e. The number of thiophene rings is 1. The first-order valence-corrected chi connectivity index (χ1v) is 11.4. The van der Waals surface area contributed by atoms with Crippen LogP contribution in [0.25, 0.3) is 0 Å². The molecule has 0 spiro atoms. The van der Waals surface area contributed by atoms with Gasteiger partial charge in [-0.05, 0) is 35.6 Å². The van der Waals surface area contributed by atoms with Crippen molar-refractivity contribution in [3.63, 3.8) is 0 Å². The van der Waals surface area contributed by atoms with E-state index in [4.69, 9.17) is 0 Å². The Morgan fingerprint density at radius 3 is 2.23 bits per heavy atom. The van der Waals surface area contributed by atoms with Gasteiger partial charge < -0.3 is 4.90 Å². The average Bonchev–Trinajstić information content (AvgIpc) is 3.11. The Labute approximate surface area is 161 Å². The number of benzene rings is 1. The zero-order valence-electron chi connectivity index (χ0n) is 16.0. The molecule has 4 nitrogen and oxygen atoms in total. The second-order valence-electron chi connectivity index (χ2n) is 7.73. The zero-order valence-corrected chi connectivity index (χ0v) is 17.7. The zero-order chi connectivity index (χ0) is 18.9. The Balaban J connectivity index is 1.76. The molecule has 1 aliphatic heterocycles. The lowest BCUT2D eigenvalue weighted by Crippen LogP contribution is -2.49. The fraction of sp³-hybridized carbons (Fsp3) is 0.500. The predicted molar refractivity (Wildman–Crippen MR) is 110 cm³/mol. The van der Waals surface area contributed by atoms with Crippen LogP contribution < -0.4 is 4.90 Å². The summed E-state index contributed by atoms with van der Waals surface area (Å²) in [5.41, 5.74) is 2.59. The molecule has 6 heteroatoms. The third kappa shape index (κ3) is 3.82. The van der Waals surface area contributed by atoms with Crippen molar-refractivity contribution in [3.8, 4) is 0 Å². The number of rotatable bonds is 4. The number of aryl methyl sites for hydroxylation is 1. The molecular weight excluding hydrogens is 364 g/mol. The van der Waals surface area contributed by atoms with Gasteiger partial charge >= 0.3 is 0 Å². The van der Waals surface area contributed by atoms with Gasteiger partial charge in [0.25, 0.3) is 10.0 Å². The van der Waals surface area contributed by atoms with Gasteiger partial charge in [0.2, 0.25) is 0 Å². The summed E-state index contributed by atoms with van der Waals surface area (Å²) in [4.78, 5) is 3.43. The van der Waals surface area contributed by atoms with Gasteiger partial charge in [0, 0.05) is 36.7 Å². The highest BCUT2D eigenvalue weighted by atomic mass is 32.2. The summed E-state index contributed by atoms with van der Waals surface area (Å²) in [6.45, 7) is 11.2. The van der Waals surface area contributed by atoms with Crippen molar-refractivity contribution in [2.45, 2.75) is 43.7 Å². The van der Waals surface area contributed by atoms with Gasteiger partial charge in [0.1, 0.15) is 4.21 Å². The average molecular weight is 393 g/mol. The van der Waals surface area contributed by atoms with Crippen molar-refractivity contribution in [1.82, 2.24) is 4.31 Å². The van der Waals surface area contributed by atoms with E-state index in [0.717, 1.165) is 24.4 Å². The van der Waals surface area contributed by atoms with Crippen molar-refractivity contribution in [1.29, 1.82) is 0 Å². The fourth-order valence-corrected chi connectivity index (χ4v) is 6.24. The molecule has 2 aromatic rings. The van der Waals surface area contributed by atoms with Gasteiger partial charge in [-0.2, -0.15) is 4.31 Å². The third-order valence-corrected chi connectivity index (χ3v) is 8.47. The fourth-order valence-electron chi connectivity index (χ4n) is 3.37. The minimum absolute atomic E-state index is 0.0628. The molecule has 1 fully saturated rings. The molecule has 0 atom stereocenters. The molecule has 0 amide bonds. The molecule has 2 heterocycles. The number of anilines is 1. The second kappa shape index (κ2) is 7.33. The van der Waals surface area contributed by atoms with Crippen LogP contribution in [0.4, 0.5) is 5.69 Å². The number of piperazine rings is 1. The van der Waals surface area contributed by atoms with Gasteiger partial charge in [-0.3, -0.25) is 0 Å². The molecule has 142 valence electrons. The summed E-state index contributed by atoms with van der Waals surface area (Å²) in [6.07, 6.45) is 0.873. The van der Waals surface area contributed by atoms with E-state index < -0.39 is 10.0 Å². The van der Waals surface area contributed by atoms with Crippen molar-refractivity contribution in [3.05, 3.63) is 46.8 Å². The summed E-state index contributed by atoms with van der Waals surface area (Å²) in [6, 6.07) is 12.1. The van der Waals surface area contributed by atoms with Crippen LogP contribution in [0.5, 0.6) is 0 Å². The summed E-state index contributed by atoms with van der Waals surface area (Å²) < 4.78 is 27.9. The largest absolute Gasteiger partial charge is 0.369 e. The number of nitrogens with zero attached hydrogens (tertiary/aromatic N) is 2. The maximum absolute atomic E-state index is 12.9. The first kappa shape index (κ1) is 19.4. The minimum atomic E-state index is -3.37. The minimum Gasteiger partial charge on any atom is -0.369 e. The molecule has 1 aromatic heterocycles. The van der Waals surface area contributed by atoms with Crippen LogP contribution in [-0.2, 0) is 21.9 Å². The molecule has 1 saturated heterocycles. The van der Waals surface area contributed by atoms with Crippen molar-refractivity contribution >= 4 is 27.0 Å². The van der Waals surface area contributed by atoms with E-state index in [1.165, 1.54) is 22.6 Å². The van der Waals surface area contributed by atoms with Crippen LogP contribution in [0.3, 0.4) is 0 Å². The van der Waals surface area contributed by atoms with E-state index in [0.29, 0.717) is 17.3 Å². The SMILES string of the molecule is CCc1ccc(S(=O)(=O)N2CCN(c3ccccc3C(C)(C)C)CC2)s1. The summed E-state index contributed by atoms with van der Waals surface area (Å²) in [5, 5.41) is 0. The maximum atomic E-state index is 12.9. The van der Waals surface area contributed by atoms with Crippen molar-refractivity contribution < 1.29 is 8.42 Å². The summed E-state index contributed by atoms with van der Waals surface area (Å²) >= 11 is 1.39. The van der Waals surface area contributed by atoms with E-state index in [2.05, 4.69) is 49.9 Å². The monoisotopic (exact) mass is 392 g/mol. The Kier molecular flexibility index (Phi) is 5.47. The highest BCUT2D eigenvalue weighted by Crippen LogP contribution is 2.33. The maximum Gasteiger partial charge on any atom is 0.252 e. The summed E-state index contributed by atoms with van der Waals surface area (Å²) in [7, 11) is -3.37. The van der Waals surface area contributed by atoms with Crippen LogP contribution in [0, 0.1) is 0 Å².